The van der Waals surface area contributed by atoms with E-state index < -0.39 is 44.8 Å². The first kappa shape index (κ1) is 20.7. The third-order valence-electron chi connectivity index (χ3n) is 6.18. The lowest BCUT2D eigenvalue weighted by Gasteiger charge is -2.29. The molecule has 29 heavy (non-hydrogen) atoms. The molecule has 6 nitrogen and oxygen atoms in total. The van der Waals surface area contributed by atoms with E-state index in [4.69, 9.17) is 16.3 Å². The van der Waals surface area contributed by atoms with Gasteiger partial charge in [0.25, 0.3) is 11.8 Å². The molecule has 1 aromatic rings. The van der Waals surface area contributed by atoms with Crippen molar-refractivity contribution in [1.82, 2.24) is 9.03 Å². The molecular formula is C18H20ClF3N2O4S. The highest BCUT2D eigenvalue weighted by molar-refractivity contribution is 7.87. The maximum Gasteiger partial charge on any atom is 0.304 e. The lowest BCUT2D eigenvalue weighted by molar-refractivity contribution is 0.0370. The van der Waals surface area contributed by atoms with Crippen molar-refractivity contribution in [3.63, 3.8) is 0 Å². The summed E-state index contributed by atoms with van der Waals surface area (Å²) in [6.45, 7) is 0.275. The van der Waals surface area contributed by atoms with Crippen LogP contribution in [0.15, 0.2) is 12.1 Å². The summed E-state index contributed by atoms with van der Waals surface area (Å²) in [5.41, 5.74) is -1.82. The molecule has 1 heterocycles. The van der Waals surface area contributed by atoms with E-state index in [2.05, 4.69) is 0 Å². The van der Waals surface area contributed by atoms with E-state index in [1.54, 1.807) is 4.72 Å². The second-order valence-corrected chi connectivity index (χ2v) is 9.90. The average Bonchev–Trinajstić information content (AvgIpc) is 3.09. The van der Waals surface area contributed by atoms with E-state index in [-0.39, 0.29) is 30.5 Å². The van der Waals surface area contributed by atoms with Gasteiger partial charge in [-0.3, -0.25) is 4.79 Å². The van der Waals surface area contributed by atoms with E-state index in [0.717, 1.165) is 22.9 Å². The number of halogens is 4. The number of hydrogen-bond acceptors (Lipinski definition) is 4. The van der Waals surface area contributed by atoms with Crippen LogP contribution in [0, 0.1) is 17.2 Å². The van der Waals surface area contributed by atoms with Crippen molar-refractivity contribution in [2.24, 2.45) is 11.3 Å². The fraction of sp³-hybridized carbons (Fsp3) is 0.611. The number of carbonyl (C=O) groups is 1. The lowest BCUT2D eigenvalue weighted by Crippen LogP contribution is -2.49. The van der Waals surface area contributed by atoms with Crippen LogP contribution in [0.4, 0.5) is 13.2 Å². The molecule has 0 bridgehead atoms. The highest BCUT2D eigenvalue weighted by Gasteiger charge is 2.80. The summed E-state index contributed by atoms with van der Waals surface area (Å²) in [5.74, 6) is -5.92. The maximum atomic E-state index is 14.4. The van der Waals surface area contributed by atoms with Gasteiger partial charge in [0.2, 0.25) is 0 Å². The highest BCUT2D eigenvalue weighted by atomic mass is 35.5. The summed E-state index contributed by atoms with van der Waals surface area (Å²) in [4.78, 5) is 12.2. The molecule has 1 aromatic carbocycles. The third kappa shape index (κ3) is 3.38. The first-order valence-corrected chi connectivity index (χ1v) is 11.2. The molecule has 160 valence electrons. The van der Waals surface area contributed by atoms with Crippen molar-refractivity contribution < 1.29 is 31.1 Å². The van der Waals surface area contributed by atoms with Gasteiger partial charge in [0.1, 0.15) is 18.2 Å². The Kier molecular flexibility index (Phi) is 5.02. The summed E-state index contributed by atoms with van der Waals surface area (Å²) in [5, 5.41) is -0.161. The Bertz CT molecular complexity index is 955. The number of fused-ring (bicyclic) bond motifs is 1. The number of nitrogens with zero attached hydrogens (tertiary/aromatic N) is 1. The van der Waals surface area contributed by atoms with Gasteiger partial charge in [0, 0.05) is 25.1 Å². The summed E-state index contributed by atoms with van der Waals surface area (Å²) in [6.07, 6.45) is 2.88. The third-order valence-corrected chi connectivity index (χ3v) is 7.96. The molecule has 11 heteroatoms. The van der Waals surface area contributed by atoms with Gasteiger partial charge < -0.3 is 4.74 Å². The van der Waals surface area contributed by atoms with Crippen LogP contribution < -0.4 is 9.46 Å². The quantitative estimate of drug-likeness (QED) is 0.718. The van der Waals surface area contributed by atoms with Crippen LogP contribution in [0.3, 0.4) is 0 Å². The van der Waals surface area contributed by atoms with Gasteiger partial charge in [0.05, 0.1) is 16.0 Å². The Hall–Kier alpha value is -1.52. The van der Waals surface area contributed by atoms with Crippen LogP contribution in [0.25, 0.3) is 0 Å². The summed E-state index contributed by atoms with van der Waals surface area (Å²) in [7, 11) is -4.04. The minimum atomic E-state index is -4.04. The monoisotopic (exact) mass is 452 g/mol. The molecule has 2 saturated carbocycles. The highest BCUT2D eigenvalue weighted by Crippen LogP contribution is 2.72. The topological polar surface area (TPSA) is 75.7 Å². The number of carbonyl (C=O) groups excluding carboxylic acids is 1. The number of ether oxygens (including phenoxy) is 1. The molecular weight excluding hydrogens is 433 g/mol. The molecule has 1 saturated heterocycles. The predicted octanol–water partition coefficient (Wildman–Crippen LogP) is 3.36. The molecule has 0 spiro atoms. The minimum Gasteiger partial charge on any atom is -0.491 e. The predicted molar refractivity (Wildman–Crippen MR) is 98.8 cm³/mol. The molecule has 1 aliphatic heterocycles. The normalized spacial score (nSPS) is 28.2. The summed E-state index contributed by atoms with van der Waals surface area (Å²) >= 11 is 6.05. The minimum absolute atomic E-state index is 0.160. The maximum absolute atomic E-state index is 14.4. The molecule has 3 aliphatic rings. The Balaban J connectivity index is 1.47. The van der Waals surface area contributed by atoms with Gasteiger partial charge >= 0.3 is 10.2 Å². The number of nitrogens with one attached hydrogen (secondary N) is 1. The van der Waals surface area contributed by atoms with Crippen molar-refractivity contribution >= 4 is 27.7 Å². The SMILES string of the molecule is O=C(NS(=O)(=O)N1CCC1)c1cc(Cl)c(OCC23CCCCC2C3(F)F)cc1F. The zero-order valence-electron chi connectivity index (χ0n) is 15.4. The molecule has 2 unspecified atom stereocenters. The second kappa shape index (κ2) is 7.02. The fourth-order valence-electron chi connectivity index (χ4n) is 4.23. The molecule has 2 aliphatic carbocycles. The van der Waals surface area contributed by atoms with Gasteiger partial charge in [0.15, 0.2) is 0 Å². The van der Waals surface area contributed by atoms with Crippen molar-refractivity contribution in [3.05, 3.63) is 28.5 Å². The molecule has 0 aromatic heterocycles. The summed E-state index contributed by atoms with van der Waals surface area (Å²) < 4.78 is 75.0. The molecule has 1 N–H and O–H groups in total. The molecule has 0 radical (unpaired) electrons. The Morgan fingerprint density at radius 1 is 1.28 bits per heavy atom. The van der Waals surface area contributed by atoms with Gasteiger partial charge in [-0.05, 0) is 25.3 Å². The first-order chi connectivity index (χ1) is 13.6. The number of amides is 1. The summed E-state index contributed by atoms with van der Waals surface area (Å²) in [6, 6.07) is 1.76. The van der Waals surface area contributed by atoms with E-state index in [0.29, 0.717) is 25.7 Å². The molecule has 2 atom stereocenters. The van der Waals surface area contributed by atoms with E-state index in [1.165, 1.54) is 0 Å². The van der Waals surface area contributed by atoms with Gasteiger partial charge in [-0.15, -0.1) is 0 Å². The first-order valence-electron chi connectivity index (χ1n) is 9.40. The average molecular weight is 453 g/mol. The smallest absolute Gasteiger partial charge is 0.304 e. The lowest BCUT2D eigenvalue weighted by atomic mass is 9.89. The van der Waals surface area contributed by atoms with E-state index in [9.17, 15) is 26.4 Å². The fourth-order valence-corrected chi connectivity index (χ4v) is 5.66. The number of alkyl halides is 2. The second-order valence-electron chi connectivity index (χ2n) is 7.82. The van der Waals surface area contributed by atoms with E-state index >= 15 is 0 Å². The molecule has 3 fully saturated rings. The van der Waals surface area contributed by atoms with Crippen LogP contribution in [0.2, 0.25) is 5.02 Å². The van der Waals surface area contributed by atoms with E-state index in [1.807, 2.05) is 0 Å². The van der Waals surface area contributed by atoms with Crippen LogP contribution in [0.1, 0.15) is 42.5 Å². The zero-order valence-corrected chi connectivity index (χ0v) is 17.0. The Morgan fingerprint density at radius 3 is 2.62 bits per heavy atom. The van der Waals surface area contributed by atoms with Gasteiger partial charge in [-0.25, -0.2) is 17.9 Å². The van der Waals surface area contributed by atoms with Gasteiger partial charge in [-0.1, -0.05) is 24.4 Å². The Morgan fingerprint density at radius 2 is 2.00 bits per heavy atom. The number of rotatable bonds is 6. The van der Waals surface area contributed by atoms with Crippen molar-refractivity contribution in [2.45, 2.75) is 38.0 Å². The van der Waals surface area contributed by atoms with Crippen LogP contribution in [0.5, 0.6) is 5.75 Å². The number of hydrogen-bond donors (Lipinski definition) is 1. The molecule has 1 amide bonds. The zero-order chi connectivity index (χ0) is 21.0. The van der Waals surface area contributed by atoms with Crippen molar-refractivity contribution in [3.8, 4) is 5.75 Å². The van der Waals surface area contributed by atoms with Crippen LogP contribution in [-0.2, 0) is 10.2 Å². The van der Waals surface area contributed by atoms with Crippen molar-refractivity contribution in [1.29, 1.82) is 0 Å². The molecule has 4 rings (SSSR count). The van der Waals surface area contributed by atoms with Crippen molar-refractivity contribution in [2.75, 3.05) is 19.7 Å². The van der Waals surface area contributed by atoms with Crippen LogP contribution in [-0.4, -0.2) is 44.2 Å². The Labute approximate surface area is 171 Å². The van der Waals surface area contributed by atoms with Gasteiger partial charge in [-0.2, -0.15) is 12.7 Å². The number of benzene rings is 1. The van der Waals surface area contributed by atoms with Crippen LogP contribution >= 0.6 is 11.6 Å². The standard InChI is InChI=1S/C18H20ClF3N2O4S/c19-12-8-11(16(25)23-29(26,27)24-6-3-7-24)13(20)9-14(12)28-10-17-5-2-1-4-15(17)18(17,21)22/h8-9,15H,1-7,10H2,(H,23,25). The largest absolute Gasteiger partial charge is 0.491 e.